The van der Waals surface area contributed by atoms with Crippen LogP contribution in [0.15, 0.2) is 24.5 Å². The van der Waals surface area contributed by atoms with Crippen molar-refractivity contribution in [3.8, 4) is 0 Å². The Hall–Kier alpha value is -1.42. The lowest BCUT2D eigenvalue weighted by Crippen LogP contribution is -2.32. The first-order chi connectivity index (χ1) is 9.72. The molecule has 1 aliphatic carbocycles. The van der Waals surface area contributed by atoms with Gasteiger partial charge in [-0.25, -0.2) is 0 Å². The topological polar surface area (TPSA) is 59.2 Å². The van der Waals surface area contributed by atoms with E-state index in [1.165, 1.54) is 12.0 Å². The van der Waals surface area contributed by atoms with Crippen molar-refractivity contribution < 1.29 is 4.79 Å². The molecule has 1 amide bonds. The minimum Gasteiger partial charge on any atom is -0.342 e. The first-order valence-corrected chi connectivity index (χ1v) is 7.64. The predicted molar refractivity (Wildman–Crippen MR) is 77.9 cm³/mol. The van der Waals surface area contributed by atoms with Gasteiger partial charge in [0.05, 0.1) is 0 Å². The van der Waals surface area contributed by atoms with Gasteiger partial charge >= 0.3 is 0 Å². The molecule has 3 atom stereocenters. The van der Waals surface area contributed by atoms with E-state index in [1.54, 1.807) is 12.4 Å². The molecule has 1 saturated heterocycles. The number of pyridine rings is 1. The summed E-state index contributed by atoms with van der Waals surface area (Å²) >= 11 is 0. The molecule has 2 N–H and O–H groups in total. The van der Waals surface area contributed by atoms with Gasteiger partial charge in [0.15, 0.2) is 0 Å². The second-order valence-electron chi connectivity index (χ2n) is 6.25. The van der Waals surface area contributed by atoms with Crippen LogP contribution in [0.25, 0.3) is 0 Å². The SMILES string of the molecule is NC1CC[C@@H]2CN(C(=O)CCc3ccncc3)C[C@@H]2C1. The lowest BCUT2D eigenvalue weighted by atomic mass is 9.79. The fourth-order valence-corrected chi connectivity index (χ4v) is 3.63. The molecule has 3 rings (SSSR count). The Morgan fingerprint density at radius 3 is 2.80 bits per heavy atom. The summed E-state index contributed by atoms with van der Waals surface area (Å²) in [7, 11) is 0. The van der Waals surface area contributed by atoms with Crippen LogP contribution in [0.3, 0.4) is 0 Å². The lowest BCUT2D eigenvalue weighted by molar-refractivity contribution is -0.130. The Morgan fingerprint density at radius 1 is 1.25 bits per heavy atom. The van der Waals surface area contributed by atoms with Gasteiger partial charge in [-0.1, -0.05) is 0 Å². The van der Waals surface area contributed by atoms with Crippen molar-refractivity contribution in [3.63, 3.8) is 0 Å². The number of nitrogens with two attached hydrogens (primary N) is 1. The Labute approximate surface area is 120 Å². The van der Waals surface area contributed by atoms with Crippen LogP contribution in [0, 0.1) is 11.8 Å². The van der Waals surface area contributed by atoms with Crippen LogP contribution < -0.4 is 5.73 Å². The van der Waals surface area contributed by atoms with Crippen LogP contribution in [0.1, 0.15) is 31.2 Å². The Balaban J connectivity index is 1.51. The van der Waals surface area contributed by atoms with Gasteiger partial charge in [0.25, 0.3) is 0 Å². The highest BCUT2D eigenvalue weighted by Crippen LogP contribution is 2.35. The van der Waals surface area contributed by atoms with Gasteiger partial charge in [0, 0.05) is 37.9 Å². The Bertz CT molecular complexity index is 462. The number of carbonyl (C=O) groups excluding carboxylic acids is 1. The van der Waals surface area contributed by atoms with Crippen molar-refractivity contribution in [2.45, 2.75) is 38.1 Å². The standard InChI is InChI=1S/C16H23N3O/c17-15-3-2-13-10-19(11-14(13)9-15)16(20)4-1-12-5-7-18-8-6-12/h5-8,13-15H,1-4,9-11,17H2/t13-,14+,15?/m1/s1. The molecular formula is C16H23N3O. The van der Waals surface area contributed by atoms with E-state index in [0.29, 0.717) is 30.2 Å². The number of likely N-dealkylation sites (tertiary alicyclic amines) is 1. The van der Waals surface area contributed by atoms with Gasteiger partial charge in [-0.15, -0.1) is 0 Å². The molecule has 1 aromatic heterocycles. The highest BCUT2D eigenvalue weighted by atomic mass is 16.2. The molecule has 0 spiro atoms. The van der Waals surface area contributed by atoms with Crippen molar-refractivity contribution in [2.24, 2.45) is 17.6 Å². The van der Waals surface area contributed by atoms with Crippen molar-refractivity contribution in [3.05, 3.63) is 30.1 Å². The average Bonchev–Trinajstić information content (AvgIpc) is 2.89. The number of rotatable bonds is 3. The summed E-state index contributed by atoms with van der Waals surface area (Å²) in [4.78, 5) is 18.4. The summed E-state index contributed by atoms with van der Waals surface area (Å²) in [5.41, 5.74) is 7.22. The molecule has 20 heavy (non-hydrogen) atoms. The number of carbonyl (C=O) groups is 1. The molecule has 0 aromatic carbocycles. The zero-order valence-electron chi connectivity index (χ0n) is 11.9. The molecular weight excluding hydrogens is 250 g/mol. The maximum absolute atomic E-state index is 12.3. The molecule has 1 aliphatic heterocycles. The number of hydrogen-bond acceptors (Lipinski definition) is 3. The smallest absolute Gasteiger partial charge is 0.222 e. The molecule has 1 unspecified atom stereocenters. The van der Waals surface area contributed by atoms with E-state index in [4.69, 9.17) is 5.73 Å². The minimum absolute atomic E-state index is 0.296. The number of nitrogens with zero attached hydrogens (tertiary/aromatic N) is 2. The van der Waals surface area contributed by atoms with E-state index in [1.807, 2.05) is 12.1 Å². The van der Waals surface area contributed by atoms with Crippen molar-refractivity contribution in [2.75, 3.05) is 13.1 Å². The van der Waals surface area contributed by atoms with Crippen LogP contribution in [0.4, 0.5) is 0 Å². The average molecular weight is 273 g/mol. The van der Waals surface area contributed by atoms with Crippen molar-refractivity contribution in [1.82, 2.24) is 9.88 Å². The summed E-state index contributed by atoms with van der Waals surface area (Å²) in [6.45, 7) is 1.88. The van der Waals surface area contributed by atoms with E-state index in [-0.39, 0.29) is 0 Å². The van der Waals surface area contributed by atoms with E-state index < -0.39 is 0 Å². The van der Waals surface area contributed by atoms with E-state index in [9.17, 15) is 4.79 Å². The lowest BCUT2D eigenvalue weighted by Gasteiger charge is -2.27. The van der Waals surface area contributed by atoms with Crippen LogP contribution in [-0.2, 0) is 11.2 Å². The van der Waals surface area contributed by atoms with Crippen LogP contribution in [0.5, 0.6) is 0 Å². The third-order valence-corrected chi connectivity index (χ3v) is 4.82. The first-order valence-electron chi connectivity index (χ1n) is 7.64. The zero-order valence-corrected chi connectivity index (χ0v) is 11.9. The van der Waals surface area contributed by atoms with Gasteiger partial charge in [0.1, 0.15) is 0 Å². The first kappa shape index (κ1) is 13.6. The van der Waals surface area contributed by atoms with Crippen molar-refractivity contribution >= 4 is 5.91 Å². The fraction of sp³-hybridized carbons (Fsp3) is 0.625. The Kier molecular flexibility index (Phi) is 4.01. The number of aromatic nitrogens is 1. The van der Waals surface area contributed by atoms with E-state index in [2.05, 4.69) is 9.88 Å². The second-order valence-corrected chi connectivity index (χ2v) is 6.25. The molecule has 108 valence electrons. The minimum atomic E-state index is 0.296. The number of hydrogen-bond donors (Lipinski definition) is 1. The van der Waals surface area contributed by atoms with Gasteiger partial charge < -0.3 is 10.6 Å². The maximum atomic E-state index is 12.3. The molecule has 4 nitrogen and oxygen atoms in total. The monoisotopic (exact) mass is 273 g/mol. The predicted octanol–water partition coefficient (Wildman–Crippen LogP) is 1.60. The maximum Gasteiger partial charge on any atom is 0.222 e. The third kappa shape index (κ3) is 3.01. The largest absolute Gasteiger partial charge is 0.342 e. The zero-order chi connectivity index (χ0) is 13.9. The summed E-state index contributed by atoms with van der Waals surface area (Å²) in [5.74, 6) is 1.63. The number of amides is 1. The van der Waals surface area contributed by atoms with Crippen LogP contribution in [0.2, 0.25) is 0 Å². The molecule has 1 saturated carbocycles. The normalized spacial score (nSPS) is 29.2. The van der Waals surface area contributed by atoms with Crippen molar-refractivity contribution in [1.29, 1.82) is 0 Å². The van der Waals surface area contributed by atoms with Crippen LogP contribution >= 0.6 is 0 Å². The molecule has 4 heteroatoms. The molecule has 2 aliphatic rings. The Morgan fingerprint density at radius 2 is 2.00 bits per heavy atom. The molecule has 2 heterocycles. The quantitative estimate of drug-likeness (QED) is 0.910. The number of aryl methyl sites for hydroxylation is 1. The van der Waals surface area contributed by atoms with Gasteiger partial charge in [-0.2, -0.15) is 0 Å². The summed E-state index contributed by atoms with van der Waals surface area (Å²) in [6, 6.07) is 4.31. The van der Waals surface area contributed by atoms with E-state index in [0.717, 1.165) is 32.4 Å². The molecule has 2 fully saturated rings. The molecule has 0 bridgehead atoms. The van der Waals surface area contributed by atoms with Crippen LogP contribution in [-0.4, -0.2) is 34.9 Å². The van der Waals surface area contributed by atoms with Gasteiger partial charge in [-0.05, 0) is 55.2 Å². The highest BCUT2D eigenvalue weighted by molar-refractivity contribution is 5.76. The van der Waals surface area contributed by atoms with Gasteiger partial charge in [0.2, 0.25) is 5.91 Å². The van der Waals surface area contributed by atoms with Gasteiger partial charge in [-0.3, -0.25) is 9.78 Å². The summed E-state index contributed by atoms with van der Waals surface area (Å²) in [5, 5.41) is 0. The summed E-state index contributed by atoms with van der Waals surface area (Å²) < 4.78 is 0. The fourth-order valence-electron chi connectivity index (χ4n) is 3.63. The number of fused-ring (bicyclic) bond motifs is 1. The molecule has 1 aromatic rings. The molecule has 0 radical (unpaired) electrons. The van der Waals surface area contributed by atoms with E-state index >= 15 is 0 Å². The highest BCUT2D eigenvalue weighted by Gasteiger charge is 2.38. The summed E-state index contributed by atoms with van der Waals surface area (Å²) in [6.07, 6.45) is 8.40. The second kappa shape index (κ2) is 5.92. The third-order valence-electron chi connectivity index (χ3n) is 4.82.